The van der Waals surface area contributed by atoms with Crippen LogP contribution in [0.2, 0.25) is 0 Å². The number of nitrogens with zero attached hydrogens (tertiary/aromatic N) is 2. The van der Waals surface area contributed by atoms with E-state index in [2.05, 4.69) is 9.80 Å². The summed E-state index contributed by atoms with van der Waals surface area (Å²) in [5.41, 5.74) is 1.82. The van der Waals surface area contributed by atoms with Crippen molar-refractivity contribution in [3.63, 3.8) is 0 Å². The maximum absolute atomic E-state index is 12.7. The molecule has 8 nitrogen and oxygen atoms in total. The van der Waals surface area contributed by atoms with Crippen LogP contribution >= 0.6 is 0 Å². The van der Waals surface area contributed by atoms with Crippen LogP contribution in [-0.4, -0.2) is 65.9 Å². The van der Waals surface area contributed by atoms with Crippen molar-refractivity contribution >= 4 is 23.1 Å². The van der Waals surface area contributed by atoms with Crippen LogP contribution in [0.1, 0.15) is 65.2 Å². The highest BCUT2D eigenvalue weighted by atomic mass is 16.7. The molecule has 8 heteroatoms. The van der Waals surface area contributed by atoms with Crippen LogP contribution in [0.3, 0.4) is 0 Å². The molecular formula is C27H34N2O6. The van der Waals surface area contributed by atoms with Gasteiger partial charge in [-0.15, -0.1) is 0 Å². The first-order chi connectivity index (χ1) is 16.9. The monoisotopic (exact) mass is 482 g/mol. The van der Waals surface area contributed by atoms with Gasteiger partial charge in [0.05, 0.1) is 0 Å². The van der Waals surface area contributed by atoms with Gasteiger partial charge in [-0.25, -0.2) is 0 Å². The lowest BCUT2D eigenvalue weighted by Gasteiger charge is -2.21. The van der Waals surface area contributed by atoms with Gasteiger partial charge in [-0.05, 0) is 39.5 Å². The Bertz CT molecular complexity index is 930. The molecule has 0 unspecified atom stereocenters. The molecule has 0 spiro atoms. The van der Waals surface area contributed by atoms with Gasteiger partial charge < -0.3 is 19.3 Å². The van der Waals surface area contributed by atoms with E-state index in [0.29, 0.717) is 51.4 Å². The summed E-state index contributed by atoms with van der Waals surface area (Å²) in [7, 11) is 0. The van der Waals surface area contributed by atoms with E-state index in [0.717, 1.165) is 37.3 Å². The van der Waals surface area contributed by atoms with Crippen LogP contribution in [0.4, 0.5) is 0 Å². The maximum Gasteiger partial charge on any atom is 0.230 e. The van der Waals surface area contributed by atoms with E-state index in [1.165, 1.54) is 0 Å². The Balaban J connectivity index is 1.64. The Hall–Kier alpha value is -3.16. The lowest BCUT2D eigenvalue weighted by molar-refractivity contribution is -0.125. The molecule has 0 bridgehead atoms. The molecular weight excluding hydrogens is 448 g/mol. The number of rotatable bonds is 8. The van der Waals surface area contributed by atoms with Gasteiger partial charge in [0.2, 0.25) is 6.79 Å². The zero-order valence-electron chi connectivity index (χ0n) is 20.7. The van der Waals surface area contributed by atoms with Crippen molar-refractivity contribution in [3.05, 3.63) is 46.2 Å². The Morgan fingerprint density at radius 2 is 1.03 bits per heavy atom. The molecule has 0 aromatic heterocycles. The highest BCUT2D eigenvalue weighted by Gasteiger charge is 2.33. The van der Waals surface area contributed by atoms with Gasteiger partial charge in [0, 0.05) is 75.4 Å². The van der Waals surface area contributed by atoms with E-state index in [1.807, 2.05) is 26.2 Å². The predicted octanol–water partition coefficient (Wildman–Crippen LogP) is 3.35. The Morgan fingerprint density at radius 1 is 0.657 bits per heavy atom. The van der Waals surface area contributed by atoms with Crippen LogP contribution in [0.25, 0.3) is 0 Å². The number of Topliss-reactive ketones (excluding diaryl/α,β-unsaturated/α-hetero) is 4. The molecule has 0 aromatic carbocycles. The standard InChI is InChI=1S/C27H34N2O6/c1-3-28-13-11-18(15-28)26(24-20(30)7-5-8-21(24)31)34-17-35-27(19-12-14-29(4-2)16-19)25-22(32)9-6-10-23(25)33/h15-16H,3-14,17H2,1-2H3. The fourth-order valence-corrected chi connectivity index (χ4v) is 5.00. The third-order valence-electron chi connectivity index (χ3n) is 7.00. The Kier molecular flexibility index (Phi) is 7.88. The molecule has 0 saturated heterocycles. The highest BCUT2D eigenvalue weighted by Crippen LogP contribution is 2.32. The Morgan fingerprint density at radius 3 is 1.34 bits per heavy atom. The number of hydrogen-bond donors (Lipinski definition) is 0. The van der Waals surface area contributed by atoms with Crippen molar-refractivity contribution in [2.24, 2.45) is 0 Å². The average Bonchev–Trinajstić information content (AvgIpc) is 3.51. The van der Waals surface area contributed by atoms with Crippen molar-refractivity contribution in [2.45, 2.75) is 65.2 Å². The van der Waals surface area contributed by atoms with Gasteiger partial charge in [-0.1, -0.05) is 0 Å². The summed E-state index contributed by atoms with van der Waals surface area (Å²) in [6, 6.07) is 0. The van der Waals surface area contributed by atoms with Crippen LogP contribution in [-0.2, 0) is 28.7 Å². The van der Waals surface area contributed by atoms with E-state index >= 15 is 0 Å². The lowest BCUT2D eigenvalue weighted by Crippen LogP contribution is -2.24. The summed E-state index contributed by atoms with van der Waals surface area (Å²) in [6.45, 7) is 6.98. The highest BCUT2D eigenvalue weighted by molar-refractivity contribution is 6.23. The van der Waals surface area contributed by atoms with Gasteiger partial charge in [-0.3, -0.25) is 19.2 Å². The van der Waals surface area contributed by atoms with Crippen LogP contribution in [0.5, 0.6) is 0 Å². The normalized spacial score (nSPS) is 21.0. The third-order valence-corrected chi connectivity index (χ3v) is 7.00. The summed E-state index contributed by atoms with van der Waals surface area (Å²) in [5, 5.41) is 0. The lowest BCUT2D eigenvalue weighted by atomic mass is 9.89. The molecule has 2 aliphatic heterocycles. The van der Waals surface area contributed by atoms with E-state index in [-0.39, 0.29) is 52.6 Å². The molecule has 35 heavy (non-hydrogen) atoms. The number of allylic oxidation sites excluding steroid dienone is 4. The van der Waals surface area contributed by atoms with E-state index < -0.39 is 0 Å². The van der Waals surface area contributed by atoms with Crippen LogP contribution in [0, 0.1) is 0 Å². The van der Waals surface area contributed by atoms with Gasteiger partial charge in [0.1, 0.15) is 22.7 Å². The number of ether oxygens (including phenoxy) is 2. The third kappa shape index (κ3) is 5.41. The topological polar surface area (TPSA) is 93.2 Å². The van der Waals surface area contributed by atoms with Gasteiger partial charge in [0.25, 0.3) is 0 Å². The van der Waals surface area contributed by atoms with Gasteiger partial charge in [-0.2, -0.15) is 0 Å². The minimum atomic E-state index is -0.300. The average molecular weight is 483 g/mol. The molecule has 2 fully saturated rings. The van der Waals surface area contributed by atoms with Crippen molar-refractivity contribution in [1.29, 1.82) is 0 Å². The molecule has 0 amide bonds. The van der Waals surface area contributed by atoms with Crippen molar-refractivity contribution in [1.82, 2.24) is 9.80 Å². The SMILES string of the molecule is CCN1C=C(C(OCOC(C2=CN(CC)CC2)=C2C(=O)CCCC2=O)=C2C(=O)CCCC2=O)CC1. The first-order valence-corrected chi connectivity index (χ1v) is 12.7. The number of carbonyl (C=O) groups excluding carboxylic acids is 4. The van der Waals surface area contributed by atoms with E-state index in [9.17, 15) is 19.2 Å². The fraction of sp³-hybridized carbons (Fsp3) is 0.556. The molecule has 0 atom stereocenters. The molecule has 0 aromatic rings. The first-order valence-electron chi connectivity index (χ1n) is 12.7. The number of hydrogen-bond acceptors (Lipinski definition) is 8. The van der Waals surface area contributed by atoms with Crippen molar-refractivity contribution in [3.8, 4) is 0 Å². The molecule has 2 heterocycles. The van der Waals surface area contributed by atoms with Crippen molar-refractivity contribution < 1.29 is 28.7 Å². The molecule has 0 N–H and O–H groups in total. The second kappa shape index (κ2) is 11.1. The first kappa shape index (κ1) is 24.9. The number of carbonyl (C=O) groups is 4. The molecule has 188 valence electrons. The summed E-state index contributed by atoms with van der Waals surface area (Å²) in [4.78, 5) is 55.0. The largest absolute Gasteiger partial charge is 0.456 e. The summed E-state index contributed by atoms with van der Waals surface area (Å²) in [5.74, 6) is -0.282. The molecule has 2 saturated carbocycles. The summed E-state index contributed by atoms with van der Waals surface area (Å²) < 4.78 is 12.1. The molecule has 4 aliphatic rings. The predicted molar refractivity (Wildman–Crippen MR) is 129 cm³/mol. The van der Waals surface area contributed by atoms with Gasteiger partial charge in [0.15, 0.2) is 23.1 Å². The summed E-state index contributed by atoms with van der Waals surface area (Å²) >= 11 is 0. The van der Waals surface area contributed by atoms with Crippen LogP contribution < -0.4 is 0 Å². The molecule has 2 aliphatic carbocycles. The second-order valence-corrected chi connectivity index (χ2v) is 9.28. The van der Waals surface area contributed by atoms with E-state index in [4.69, 9.17) is 9.47 Å². The Labute approximate surface area is 206 Å². The minimum absolute atomic E-state index is 0.111. The summed E-state index contributed by atoms with van der Waals surface area (Å²) in [6.07, 6.45) is 7.56. The fourth-order valence-electron chi connectivity index (χ4n) is 5.00. The van der Waals surface area contributed by atoms with Crippen LogP contribution in [0.15, 0.2) is 46.2 Å². The quantitative estimate of drug-likeness (QED) is 0.225. The molecule has 4 rings (SSSR count). The smallest absolute Gasteiger partial charge is 0.230 e. The zero-order valence-corrected chi connectivity index (χ0v) is 20.7. The maximum atomic E-state index is 12.7. The second-order valence-electron chi connectivity index (χ2n) is 9.28. The number of ketones is 4. The zero-order chi connectivity index (χ0) is 24.9. The van der Waals surface area contributed by atoms with Crippen molar-refractivity contribution in [2.75, 3.05) is 33.0 Å². The van der Waals surface area contributed by atoms with E-state index in [1.54, 1.807) is 0 Å². The minimum Gasteiger partial charge on any atom is -0.456 e. The van der Waals surface area contributed by atoms with Gasteiger partial charge >= 0.3 is 0 Å². The molecule has 0 radical (unpaired) electrons.